The van der Waals surface area contributed by atoms with Crippen molar-refractivity contribution in [2.75, 3.05) is 11.5 Å². The number of fused-ring (bicyclic) bond motifs is 1. The van der Waals surface area contributed by atoms with E-state index in [0.29, 0.717) is 30.4 Å². The lowest BCUT2D eigenvalue weighted by molar-refractivity contribution is -0.122. The molecule has 3 aromatic rings. The number of nitrogens with zero attached hydrogens (tertiary/aromatic N) is 2. The van der Waals surface area contributed by atoms with Crippen LogP contribution in [0, 0.1) is 11.3 Å². The molecule has 1 saturated heterocycles. The zero-order chi connectivity index (χ0) is 24.5. The zero-order valence-corrected chi connectivity index (χ0v) is 19.6. The van der Waals surface area contributed by atoms with E-state index >= 15 is 0 Å². The Balaban J connectivity index is 1.41. The molecule has 0 bridgehead atoms. The summed E-state index contributed by atoms with van der Waals surface area (Å²) in [5.74, 6) is -0.969. The molecule has 2 unspecified atom stereocenters. The fraction of sp³-hybridized carbons (Fsp3) is 0.375. The van der Waals surface area contributed by atoms with Gasteiger partial charge < -0.3 is 15.5 Å². The summed E-state index contributed by atoms with van der Waals surface area (Å²) in [7, 11) is -1.60. The topological polar surface area (TPSA) is 148 Å². The fourth-order valence-corrected chi connectivity index (χ4v) is 6.29. The molecule has 1 amide bonds. The van der Waals surface area contributed by atoms with Crippen LogP contribution in [0.5, 0.6) is 0 Å². The molecule has 10 heteroatoms. The van der Waals surface area contributed by atoms with Gasteiger partial charge in [0.2, 0.25) is 5.91 Å². The van der Waals surface area contributed by atoms with Crippen molar-refractivity contribution in [3.05, 3.63) is 58.6 Å². The van der Waals surface area contributed by atoms with Gasteiger partial charge in [-0.3, -0.25) is 9.36 Å². The van der Waals surface area contributed by atoms with Gasteiger partial charge in [0.1, 0.15) is 6.04 Å². The van der Waals surface area contributed by atoms with E-state index in [1.807, 2.05) is 36.4 Å². The summed E-state index contributed by atoms with van der Waals surface area (Å²) >= 11 is 0. The zero-order valence-electron chi connectivity index (χ0n) is 18.8. The number of benzene rings is 2. The molecular weight excluding hydrogens is 456 g/mol. The number of nitrogens with one attached hydrogen (secondary N) is 1. The number of amides is 1. The molecule has 1 aliphatic rings. The number of hydrogen-bond donors (Lipinski definition) is 2. The van der Waals surface area contributed by atoms with E-state index < -0.39 is 33.1 Å². The predicted molar refractivity (Wildman–Crippen MR) is 128 cm³/mol. The summed E-state index contributed by atoms with van der Waals surface area (Å²) in [6, 6.07) is 14.4. The molecular formula is C24H26N4O5S. The molecule has 4 rings (SSSR count). The third kappa shape index (κ3) is 5.21. The second-order valence-corrected chi connectivity index (χ2v) is 11.2. The Kier molecular flexibility index (Phi) is 6.34. The van der Waals surface area contributed by atoms with Crippen LogP contribution < -0.4 is 16.8 Å². The van der Waals surface area contributed by atoms with E-state index in [-0.39, 0.29) is 17.9 Å². The lowest BCUT2D eigenvalue weighted by Gasteiger charge is -2.32. The molecule has 0 radical (unpaired) electrons. The maximum Gasteiger partial charge on any atom is 0.419 e. The minimum atomic E-state index is -3.25. The molecule has 0 spiro atoms. The van der Waals surface area contributed by atoms with Crippen molar-refractivity contribution >= 4 is 26.8 Å². The minimum Gasteiger partial charge on any atom is -0.408 e. The van der Waals surface area contributed by atoms with Gasteiger partial charge in [-0.1, -0.05) is 30.3 Å². The van der Waals surface area contributed by atoms with Crippen molar-refractivity contribution in [3.63, 3.8) is 0 Å². The largest absolute Gasteiger partial charge is 0.419 e. The van der Waals surface area contributed by atoms with Gasteiger partial charge in [0.25, 0.3) is 0 Å². The molecule has 2 aromatic carbocycles. The van der Waals surface area contributed by atoms with Crippen molar-refractivity contribution in [3.8, 4) is 17.2 Å². The van der Waals surface area contributed by atoms with Gasteiger partial charge in [-0.25, -0.2) is 13.2 Å². The number of aryl methyl sites for hydroxylation is 1. The number of hydrogen-bond acceptors (Lipinski definition) is 7. The van der Waals surface area contributed by atoms with Gasteiger partial charge in [0.05, 0.1) is 23.1 Å². The summed E-state index contributed by atoms with van der Waals surface area (Å²) in [6.07, 6.45) is 1.05. The summed E-state index contributed by atoms with van der Waals surface area (Å²) in [4.78, 5) is 24.2. The van der Waals surface area contributed by atoms with Crippen molar-refractivity contribution in [2.24, 2.45) is 12.8 Å². The summed E-state index contributed by atoms with van der Waals surface area (Å²) in [5.41, 5.74) is 9.00. The quantitative estimate of drug-likeness (QED) is 0.542. The number of sulfone groups is 1. The number of oxazole rings is 1. The minimum absolute atomic E-state index is 0.0957. The first-order valence-corrected chi connectivity index (χ1v) is 12.8. The van der Waals surface area contributed by atoms with Crippen molar-refractivity contribution in [1.29, 1.82) is 5.26 Å². The van der Waals surface area contributed by atoms with E-state index in [4.69, 9.17) is 10.2 Å². The summed E-state index contributed by atoms with van der Waals surface area (Å²) in [5, 5.41) is 12.2. The molecule has 1 fully saturated rings. The first-order valence-electron chi connectivity index (χ1n) is 10.9. The van der Waals surface area contributed by atoms with Crippen LogP contribution in [0.25, 0.3) is 22.2 Å². The Labute approximate surface area is 197 Å². The normalized spacial score (nSPS) is 20.5. The highest BCUT2D eigenvalue weighted by atomic mass is 32.2. The van der Waals surface area contributed by atoms with Crippen LogP contribution >= 0.6 is 0 Å². The van der Waals surface area contributed by atoms with E-state index in [1.165, 1.54) is 4.57 Å². The van der Waals surface area contributed by atoms with Crippen molar-refractivity contribution < 1.29 is 17.6 Å². The molecule has 9 nitrogen and oxygen atoms in total. The lowest BCUT2D eigenvalue weighted by atomic mass is 9.92. The predicted octanol–water partition coefficient (Wildman–Crippen LogP) is 1.65. The summed E-state index contributed by atoms with van der Waals surface area (Å²) < 4.78 is 30.4. The van der Waals surface area contributed by atoms with Crippen LogP contribution in [0.15, 0.2) is 51.7 Å². The lowest BCUT2D eigenvalue weighted by Crippen LogP contribution is -2.53. The molecule has 34 heavy (non-hydrogen) atoms. The Morgan fingerprint density at radius 1 is 1.26 bits per heavy atom. The Morgan fingerprint density at radius 3 is 2.65 bits per heavy atom. The van der Waals surface area contributed by atoms with Crippen LogP contribution in [-0.4, -0.2) is 42.0 Å². The van der Waals surface area contributed by atoms with E-state index in [1.54, 1.807) is 13.1 Å². The van der Waals surface area contributed by atoms with Crippen LogP contribution in [0.1, 0.15) is 24.8 Å². The second kappa shape index (κ2) is 9.08. The second-order valence-electron chi connectivity index (χ2n) is 8.99. The first-order chi connectivity index (χ1) is 16.1. The van der Waals surface area contributed by atoms with Crippen LogP contribution in [-0.2, 0) is 28.1 Å². The standard InChI is InChI=1S/C24H26N4O5S/c1-28-20-12-18(7-8-21(20)33-23(28)30)17-5-3-16(4-6-17)11-19(14-25)27-22(29)13-24(26)9-2-10-34(31,32)15-24/h3-8,12,19H,2,9-11,13,15,26H2,1H3,(H,27,29). The van der Waals surface area contributed by atoms with E-state index in [9.17, 15) is 23.3 Å². The molecule has 1 aliphatic heterocycles. The third-order valence-corrected chi connectivity index (χ3v) is 8.08. The maximum atomic E-state index is 12.5. The molecule has 3 N–H and O–H groups in total. The average Bonchev–Trinajstić information content (AvgIpc) is 3.05. The number of nitrogens with two attached hydrogens (primary N) is 1. The molecule has 2 atom stereocenters. The Morgan fingerprint density at radius 2 is 1.97 bits per heavy atom. The smallest absolute Gasteiger partial charge is 0.408 e. The number of nitriles is 1. The monoisotopic (exact) mass is 482 g/mol. The SMILES string of the molecule is Cn1c(=O)oc2ccc(-c3ccc(CC(C#N)NC(=O)CC4(N)CCCS(=O)(=O)C4)cc3)cc21. The number of carbonyl (C=O) groups is 1. The highest BCUT2D eigenvalue weighted by molar-refractivity contribution is 7.91. The van der Waals surface area contributed by atoms with Crippen LogP contribution in [0.4, 0.5) is 0 Å². The van der Waals surface area contributed by atoms with Crippen molar-refractivity contribution in [2.45, 2.75) is 37.3 Å². The Bertz CT molecular complexity index is 1430. The highest BCUT2D eigenvalue weighted by Crippen LogP contribution is 2.25. The molecule has 1 aromatic heterocycles. The third-order valence-electron chi connectivity index (χ3n) is 6.16. The van der Waals surface area contributed by atoms with Crippen LogP contribution in [0.2, 0.25) is 0 Å². The molecule has 0 aliphatic carbocycles. The molecule has 0 saturated carbocycles. The van der Waals surface area contributed by atoms with Crippen molar-refractivity contribution in [1.82, 2.24) is 9.88 Å². The summed E-state index contributed by atoms with van der Waals surface area (Å²) in [6.45, 7) is 0. The Hall–Kier alpha value is -3.42. The molecule has 178 valence electrons. The van der Waals surface area contributed by atoms with Gasteiger partial charge in [0.15, 0.2) is 15.4 Å². The van der Waals surface area contributed by atoms with Gasteiger partial charge in [-0.05, 0) is 41.7 Å². The number of rotatable bonds is 6. The van der Waals surface area contributed by atoms with Crippen LogP contribution in [0.3, 0.4) is 0 Å². The van der Waals surface area contributed by atoms with Gasteiger partial charge >= 0.3 is 5.76 Å². The van der Waals surface area contributed by atoms with E-state index in [2.05, 4.69) is 11.4 Å². The van der Waals surface area contributed by atoms with Gasteiger partial charge in [-0.15, -0.1) is 0 Å². The van der Waals surface area contributed by atoms with Gasteiger partial charge in [0, 0.05) is 25.4 Å². The highest BCUT2D eigenvalue weighted by Gasteiger charge is 2.37. The number of aromatic nitrogens is 1. The fourth-order valence-electron chi connectivity index (χ4n) is 4.44. The molecule has 2 heterocycles. The first kappa shape index (κ1) is 23.7. The average molecular weight is 483 g/mol. The van der Waals surface area contributed by atoms with Gasteiger partial charge in [-0.2, -0.15) is 5.26 Å². The number of carbonyl (C=O) groups excluding carboxylic acids is 1. The van der Waals surface area contributed by atoms with E-state index in [0.717, 1.165) is 16.7 Å². The maximum absolute atomic E-state index is 12.5.